The van der Waals surface area contributed by atoms with Crippen molar-refractivity contribution in [3.8, 4) is 34.5 Å². The van der Waals surface area contributed by atoms with E-state index in [1.165, 1.54) is 21.3 Å². The fourth-order valence-electron chi connectivity index (χ4n) is 5.74. The summed E-state index contributed by atoms with van der Waals surface area (Å²) in [7, 11) is 6.13. The third kappa shape index (κ3) is 4.73. The van der Waals surface area contributed by atoms with Gasteiger partial charge in [0.25, 0.3) is 0 Å². The molecule has 212 valence electrons. The van der Waals surface area contributed by atoms with Crippen LogP contribution < -0.4 is 33.7 Å². The summed E-state index contributed by atoms with van der Waals surface area (Å²) in [5.41, 5.74) is 2.70. The molecule has 40 heavy (non-hydrogen) atoms. The number of para-hydroxylation sites is 1. The van der Waals surface area contributed by atoms with E-state index in [2.05, 4.69) is 5.32 Å². The Kier molecular flexibility index (Phi) is 7.90. The number of hydrogen-bond acceptors (Lipinski definition) is 9. The van der Waals surface area contributed by atoms with Crippen molar-refractivity contribution in [1.82, 2.24) is 5.32 Å². The molecule has 1 amide bonds. The Labute approximate surface area is 232 Å². The van der Waals surface area contributed by atoms with Gasteiger partial charge in [-0.1, -0.05) is 18.2 Å². The van der Waals surface area contributed by atoms with Gasteiger partial charge in [0.05, 0.1) is 40.5 Å². The van der Waals surface area contributed by atoms with Gasteiger partial charge in [-0.25, -0.2) is 0 Å². The third-order valence-corrected chi connectivity index (χ3v) is 7.66. The average molecular weight is 552 g/mol. The highest BCUT2D eigenvalue weighted by Crippen LogP contribution is 2.53. The van der Waals surface area contributed by atoms with Gasteiger partial charge in [0.2, 0.25) is 18.4 Å². The lowest BCUT2D eigenvalue weighted by Crippen LogP contribution is -2.45. The van der Waals surface area contributed by atoms with E-state index in [-0.39, 0.29) is 19.2 Å². The van der Waals surface area contributed by atoms with Gasteiger partial charge in [-0.15, -0.1) is 0 Å². The molecule has 4 atom stereocenters. The summed E-state index contributed by atoms with van der Waals surface area (Å²) in [4.78, 5) is 14.0. The van der Waals surface area contributed by atoms with Gasteiger partial charge in [0, 0.05) is 30.6 Å². The first-order chi connectivity index (χ1) is 19.4. The van der Waals surface area contributed by atoms with Crippen LogP contribution in [0, 0.1) is 11.8 Å². The molecule has 0 saturated carbocycles. The molecule has 0 fully saturated rings. The molecular formula is C30H33NO9. The minimum Gasteiger partial charge on any atom is -0.496 e. The normalized spacial score (nSPS) is 20.9. The molecule has 2 aliphatic rings. The van der Waals surface area contributed by atoms with Crippen LogP contribution in [-0.4, -0.2) is 58.0 Å². The van der Waals surface area contributed by atoms with E-state index in [1.54, 1.807) is 31.4 Å². The lowest BCUT2D eigenvalue weighted by molar-refractivity contribution is -0.131. The standard InChI is InChI=1S/C30H33NO9/c1-35-21-8-6-5-7-16(21)13-31-30(34)27-20(14-32)28(33)19-12-23-22(39-15-40-23)11-18(19)26(27)17-9-24(36-2)29(38-4)25(10-17)37-3/h5-12,20,26-28,32-33H,13-15H2,1-4H3,(H,31,34)/t20-,26+,27-,28-/m0/s1. The second kappa shape index (κ2) is 11.5. The van der Waals surface area contributed by atoms with Crippen LogP contribution in [0.4, 0.5) is 0 Å². The molecule has 10 nitrogen and oxygen atoms in total. The Morgan fingerprint density at radius 2 is 1.52 bits per heavy atom. The van der Waals surface area contributed by atoms with Crippen molar-refractivity contribution in [3.05, 3.63) is 70.8 Å². The van der Waals surface area contributed by atoms with Gasteiger partial charge < -0.3 is 44.0 Å². The molecule has 1 aliphatic heterocycles. The second-order valence-electron chi connectivity index (χ2n) is 9.62. The van der Waals surface area contributed by atoms with Gasteiger partial charge in [0.1, 0.15) is 5.75 Å². The van der Waals surface area contributed by atoms with Crippen molar-refractivity contribution in [2.24, 2.45) is 11.8 Å². The van der Waals surface area contributed by atoms with E-state index >= 15 is 0 Å². The van der Waals surface area contributed by atoms with Gasteiger partial charge in [-0.05, 0) is 47.0 Å². The smallest absolute Gasteiger partial charge is 0.231 e. The molecule has 0 radical (unpaired) electrons. The topological polar surface area (TPSA) is 125 Å². The summed E-state index contributed by atoms with van der Waals surface area (Å²) in [6.07, 6.45) is -1.13. The molecular weight excluding hydrogens is 518 g/mol. The third-order valence-electron chi connectivity index (χ3n) is 7.66. The Hall–Kier alpha value is -4.15. The number of benzene rings is 3. The van der Waals surface area contributed by atoms with Crippen molar-refractivity contribution >= 4 is 5.91 Å². The van der Waals surface area contributed by atoms with Crippen LogP contribution >= 0.6 is 0 Å². The van der Waals surface area contributed by atoms with E-state index in [0.29, 0.717) is 51.2 Å². The first-order valence-electron chi connectivity index (χ1n) is 12.9. The molecule has 3 aromatic rings. The van der Waals surface area contributed by atoms with Crippen molar-refractivity contribution in [1.29, 1.82) is 0 Å². The molecule has 0 unspecified atom stereocenters. The summed E-state index contributed by atoms with van der Waals surface area (Å²) < 4.78 is 33.4. The van der Waals surface area contributed by atoms with Crippen molar-refractivity contribution < 1.29 is 43.4 Å². The number of carbonyl (C=O) groups is 1. The molecule has 1 heterocycles. The maximum atomic E-state index is 14.0. The molecule has 10 heteroatoms. The predicted octanol–water partition coefficient (Wildman–Crippen LogP) is 3.17. The van der Waals surface area contributed by atoms with Gasteiger partial charge in [-0.2, -0.15) is 0 Å². The Morgan fingerprint density at radius 3 is 2.12 bits per heavy atom. The zero-order chi connectivity index (χ0) is 28.4. The van der Waals surface area contributed by atoms with E-state index in [1.807, 2.05) is 24.3 Å². The first-order valence-corrected chi connectivity index (χ1v) is 12.9. The zero-order valence-corrected chi connectivity index (χ0v) is 22.8. The minimum absolute atomic E-state index is 0.0510. The number of methoxy groups -OCH3 is 4. The summed E-state index contributed by atoms with van der Waals surface area (Å²) in [5.74, 6) is 0.243. The molecule has 3 aromatic carbocycles. The first kappa shape index (κ1) is 27.4. The Morgan fingerprint density at radius 1 is 0.900 bits per heavy atom. The summed E-state index contributed by atoms with van der Waals surface area (Å²) >= 11 is 0. The average Bonchev–Trinajstić information content (AvgIpc) is 3.45. The fourth-order valence-corrected chi connectivity index (χ4v) is 5.74. The highest BCUT2D eigenvalue weighted by molar-refractivity contribution is 5.82. The van der Waals surface area contributed by atoms with Crippen molar-refractivity contribution in [2.45, 2.75) is 18.6 Å². The fraction of sp³-hybridized carbons (Fsp3) is 0.367. The number of amides is 1. The maximum absolute atomic E-state index is 14.0. The molecule has 5 rings (SSSR count). The lowest BCUT2D eigenvalue weighted by atomic mass is 9.64. The van der Waals surface area contributed by atoms with E-state index in [4.69, 9.17) is 28.4 Å². The number of ether oxygens (including phenoxy) is 6. The quantitative estimate of drug-likeness (QED) is 0.368. The van der Waals surface area contributed by atoms with Crippen molar-refractivity contribution in [2.75, 3.05) is 41.8 Å². The number of rotatable bonds is 9. The minimum atomic E-state index is -1.13. The monoisotopic (exact) mass is 551 g/mol. The molecule has 0 spiro atoms. The SMILES string of the molecule is COc1ccccc1CNC(=O)[C@@H]1[C@H](c2cc(OC)c(OC)c(OC)c2)c2cc3c(cc2[C@H](O)[C@H]1CO)OCO3. The molecule has 0 saturated heterocycles. The Balaban J connectivity index is 1.65. The summed E-state index contributed by atoms with van der Waals surface area (Å²) in [6, 6.07) is 14.5. The van der Waals surface area contributed by atoms with Gasteiger partial charge >= 0.3 is 0 Å². The predicted molar refractivity (Wildman–Crippen MR) is 144 cm³/mol. The second-order valence-corrected chi connectivity index (χ2v) is 9.62. The summed E-state index contributed by atoms with van der Waals surface area (Å²) in [5, 5.41) is 25.0. The van der Waals surface area contributed by atoms with Crippen LogP contribution in [0.2, 0.25) is 0 Å². The molecule has 3 N–H and O–H groups in total. The highest BCUT2D eigenvalue weighted by Gasteiger charge is 2.47. The van der Waals surface area contributed by atoms with E-state index in [9.17, 15) is 15.0 Å². The number of fused-ring (bicyclic) bond motifs is 2. The van der Waals surface area contributed by atoms with Crippen LogP contribution in [0.5, 0.6) is 34.5 Å². The largest absolute Gasteiger partial charge is 0.496 e. The van der Waals surface area contributed by atoms with Gasteiger partial charge in [0.15, 0.2) is 23.0 Å². The maximum Gasteiger partial charge on any atom is 0.231 e. The molecule has 0 aromatic heterocycles. The molecule has 0 bridgehead atoms. The van der Waals surface area contributed by atoms with Crippen LogP contribution in [0.1, 0.15) is 34.3 Å². The Bertz CT molecular complexity index is 1370. The van der Waals surface area contributed by atoms with Crippen LogP contribution in [0.15, 0.2) is 48.5 Å². The number of hydrogen-bond donors (Lipinski definition) is 3. The number of aliphatic hydroxyl groups is 2. The number of nitrogens with one attached hydrogen (secondary N) is 1. The lowest BCUT2D eigenvalue weighted by Gasteiger charge is -2.41. The number of aliphatic hydroxyl groups excluding tert-OH is 2. The van der Waals surface area contributed by atoms with Gasteiger partial charge in [-0.3, -0.25) is 4.79 Å². The number of carbonyl (C=O) groups excluding carboxylic acids is 1. The zero-order valence-electron chi connectivity index (χ0n) is 22.8. The molecule has 1 aliphatic carbocycles. The highest BCUT2D eigenvalue weighted by atomic mass is 16.7. The van der Waals surface area contributed by atoms with E-state index < -0.39 is 30.5 Å². The van der Waals surface area contributed by atoms with E-state index in [0.717, 1.165) is 5.56 Å². The van der Waals surface area contributed by atoms with Crippen LogP contribution in [0.25, 0.3) is 0 Å². The van der Waals surface area contributed by atoms with Crippen molar-refractivity contribution in [3.63, 3.8) is 0 Å². The summed E-state index contributed by atoms with van der Waals surface area (Å²) in [6.45, 7) is -0.179. The van der Waals surface area contributed by atoms with Crippen LogP contribution in [-0.2, 0) is 11.3 Å². The van der Waals surface area contributed by atoms with Crippen LogP contribution in [0.3, 0.4) is 0 Å².